The first-order valence-corrected chi connectivity index (χ1v) is 9.59. The molecule has 0 radical (unpaired) electrons. The predicted molar refractivity (Wildman–Crippen MR) is 104 cm³/mol. The van der Waals surface area contributed by atoms with E-state index in [4.69, 9.17) is 4.52 Å². The molecule has 3 aromatic heterocycles. The molecule has 0 bridgehead atoms. The summed E-state index contributed by atoms with van der Waals surface area (Å²) in [6, 6.07) is 11.5. The van der Waals surface area contributed by atoms with E-state index in [1.54, 1.807) is 6.07 Å². The summed E-state index contributed by atoms with van der Waals surface area (Å²) in [6.07, 6.45) is 0. The number of nitrogens with one attached hydrogen (secondary N) is 2. The second-order valence-electron chi connectivity index (χ2n) is 5.57. The van der Waals surface area contributed by atoms with Gasteiger partial charge < -0.3 is 15.2 Å². The zero-order valence-electron chi connectivity index (χ0n) is 13.7. The Labute approximate surface area is 157 Å². The van der Waals surface area contributed by atoms with Gasteiger partial charge in [-0.15, -0.1) is 11.3 Å². The minimum atomic E-state index is -0.313. The fraction of sp³-hybridized carbons (Fsp3) is 0.0556. The van der Waals surface area contributed by atoms with Gasteiger partial charge in [0.2, 0.25) is 0 Å². The Morgan fingerprint density at radius 3 is 2.73 bits per heavy atom. The Hall–Kier alpha value is -2.97. The topological polar surface area (TPSA) is 80.0 Å². The highest BCUT2D eigenvalue weighted by Gasteiger charge is 2.16. The fourth-order valence-corrected chi connectivity index (χ4v) is 3.55. The van der Waals surface area contributed by atoms with Crippen molar-refractivity contribution in [1.82, 2.24) is 10.1 Å². The van der Waals surface area contributed by atoms with E-state index in [0.717, 1.165) is 16.5 Å². The quantitative estimate of drug-likeness (QED) is 0.498. The summed E-state index contributed by atoms with van der Waals surface area (Å²) in [5, 5.41) is 16.2. The molecule has 6 nitrogen and oxygen atoms in total. The average Bonchev–Trinajstić information content (AvgIpc) is 3.37. The smallest absolute Gasteiger partial charge is 0.277 e. The third kappa shape index (κ3) is 3.66. The second kappa shape index (κ2) is 7.11. The van der Waals surface area contributed by atoms with Gasteiger partial charge in [0, 0.05) is 22.5 Å². The van der Waals surface area contributed by atoms with Gasteiger partial charge >= 0.3 is 0 Å². The molecule has 0 atom stereocenters. The number of rotatable bonds is 5. The highest BCUT2D eigenvalue weighted by molar-refractivity contribution is 7.14. The van der Waals surface area contributed by atoms with Crippen molar-refractivity contribution in [2.75, 3.05) is 10.6 Å². The van der Waals surface area contributed by atoms with Gasteiger partial charge in [0.15, 0.2) is 16.6 Å². The van der Waals surface area contributed by atoms with E-state index < -0.39 is 0 Å². The predicted octanol–water partition coefficient (Wildman–Crippen LogP) is 5.16. The van der Waals surface area contributed by atoms with Gasteiger partial charge in [-0.2, -0.15) is 11.3 Å². The van der Waals surface area contributed by atoms with Crippen LogP contribution in [0, 0.1) is 6.92 Å². The summed E-state index contributed by atoms with van der Waals surface area (Å²) in [5.74, 6) is 0.139. The van der Waals surface area contributed by atoms with Crippen molar-refractivity contribution in [3.8, 4) is 11.5 Å². The van der Waals surface area contributed by atoms with Crippen LogP contribution in [0.2, 0.25) is 0 Å². The first kappa shape index (κ1) is 16.5. The number of carbonyl (C=O) groups excluding carboxylic acids is 1. The zero-order chi connectivity index (χ0) is 17.9. The van der Waals surface area contributed by atoms with E-state index in [1.807, 2.05) is 53.4 Å². The fourth-order valence-electron chi connectivity index (χ4n) is 2.24. The number of amides is 1. The number of aromatic nitrogens is 2. The molecule has 4 rings (SSSR count). The molecule has 26 heavy (non-hydrogen) atoms. The van der Waals surface area contributed by atoms with Crippen molar-refractivity contribution in [3.63, 3.8) is 0 Å². The van der Waals surface area contributed by atoms with E-state index in [9.17, 15) is 4.79 Å². The van der Waals surface area contributed by atoms with E-state index in [1.165, 1.54) is 28.2 Å². The first-order chi connectivity index (χ1) is 12.7. The molecule has 3 heterocycles. The van der Waals surface area contributed by atoms with E-state index in [2.05, 4.69) is 20.8 Å². The van der Waals surface area contributed by atoms with Crippen molar-refractivity contribution in [2.45, 2.75) is 6.92 Å². The zero-order valence-corrected chi connectivity index (χ0v) is 15.4. The molecular weight excluding hydrogens is 368 g/mol. The molecule has 0 aliphatic rings. The molecule has 0 unspecified atom stereocenters. The van der Waals surface area contributed by atoms with Crippen LogP contribution in [0.15, 0.2) is 57.1 Å². The summed E-state index contributed by atoms with van der Waals surface area (Å²) in [4.78, 5) is 16.7. The lowest BCUT2D eigenvalue weighted by Crippen LogP contribution is -2.11. The number of aryl methyl sites for hydroxylation is 1. The molecule has 4 aromatic rings. The summed E-state index contributed by atoms with van der Waals surface area (Å²) in [7, 11) is 0. The van der Waals surface area contributed by atoms with Crippen LogP contribution in [0.4, 0.5) is 16.5 Å². The monoisotopic (exact) mass is 382 g/mol. The van der Waals surface area contributed by atoms with Crippen LogP contribution in [0.1, 0.15) is 16.1 Å². The van der Waals surface area contributed by atoms with Gasteiger partial charge in [-0.25, -0.2) is 4.98 Å². The van der Waals surface area contributed by atoms with Crippen LogP contribution in [0.3, 0.4) is 0 Å². The van der Waals surface area contributed by atoms with Crippen LogP contribution >= 0.6 is 22.7 Å². The first-order valence-electron chi connectivity index (χ1n) is 7.77. The Kier molecular flexibility index (Phi) is 4.51. The van der Waals surface area contributed by atoms with E-state index in [-0.39, 0.29) is 11.6 Å². The van der Waals surface area contributed by atoms with Gasteiger partial charge in [-0.3, -0.25) is 4.79 Å². The standard InChI is InChI=1S/C18H14N4O2S2/c1-11-2-4-12(5-3-11)20-18-21-15(10-26-18)16-8-14(22-24-16)17(23)19-13-6-7-25-9-13/h2-10H,1H3,(H,19,23)(H,20,21). The van der Waals surface area contributed by atoms with Crippen LogP contribution in [-0.2, 0) is 0 Å². The van der Waals surface area contributed by atoms with Gasteiger partial charge in [0.1, 0.15) is 5.69 Å². The molecule has 0 saturated carbocycles. The molecule has 8 heteroatoms. The molecule has 0 aliphatic heterocycles. The van der Waals surface area contributed by atoms with Crippen molar-refractivity contribution in [1.29, 1.82) is 0 Å². The van der Waals surface area contributed by atoms with Crippen molar-refractivity contribution in [3.05, 3.63) is 63.8 Å². The molecule has 0 fully saturated rings. The molecule has 2 N–H and O–H groups in total. The highest BCUT2D eigenvalue weighted by Crippen LogP contribution is 2.28. The number of nitrogens with zero attached hydrogens (tertiary/aromatic N) is 2. The molecule has 1 aromatic carbocycles. The third-order valence-corrected chi connectivity index (χ3v) is 5.02. The molecule has 130 valence electrons. The lowest BCUT2D eigenvalue weighted by Gasteiger charge is -2.01. The maximum atomic E-state index is 12.2. The molecular formula is C18H14N4O2S2. The van der Waals surface area contributed by atoms with Gasteiger partial charge in [-0.05, 0) is 30.5 Å². The van der Waals surface area contributed by atoms with Crippen molar-refractivity contribution < 1.29 is 9.32 Å². The van der Waals surface area contributed by atoms with Crippen LogP contribution in [0.5, 0.6) is 0 Å². The molecule has 1 amide bonds. The molecule has 0 aliphatic carbocycles. The minimum Gasteiger partial charge on any atom is -0.354 e. The number of hydrogen-bond donors (Lipinski definition) is 2. The number of carbonyl (C=O) groups is 1. The SMILES string of the molecule is Cc1ccc(Nc2nc(-c3cc(C(=O)Nc4ccsc4)no3)cs2)cc1. The van der Waals surface area contributed by atoms with E-state index >= 15 is 0 Å². The van der Waals surface area contributed by atoms with Crippen LogP contribution in [-0.4, -0.2) is 16.0 Å². The number of thiophene rings is 1. The molecule has 0 saturated heterocycles. The Bertz CT molecular complexity index is 1020. The second-order valence-corrected chi connectivity index (χ2v) is 7.21. The van der Waals surface area contributed by atoms with Crippen LogP contribution < -0.4 is 10.6 Å². The van der Waals surface area contributed by atoms with Crippen molar-refractivity contribution in [2.24, 2.45) is 0 Å². The summed E-state index contributed by atoms with van der Waals surface area (Å²) >= 11 is 2.96. The number of thiazole rings is 1. The summed E-state index contributed by atoms with van der Waals surface area (Å²) in [6.45, 7) is 2.04. The lowest BCUT2D eigenvalue weighted by molar-refractivity contribution is 0.101. The summed E-state index contributed by atoms with van der Waals surface area (Å²) in [5.41, 5.74) is 3.75. The number of anilines is 3. The van der Waals surface area contributed by atoms with E-state index in [0.29, 0.717) is 11.5 Å². The average molecular weight is 382 g/mol. The number of hydrogen-bond acceptors (Lipinski definition) is 7. The lowest BCUT2D eigenvalue weighted by atomic mass is 10.2. The van der Waals surface area contributed by atoms with Crippen LogP contribution in [0.25, 0.3) is 11.5 Å². The Morgan fingerprint density at radius 2 is 1.96 bits per heavy atom. The van der Waals surface area contributed by atoms with Gasteiger partial charge in [0.25, 0.3) is 5.91 Å². The highest BCUT2D eigenvalue weighted by atomic mass is 32.1. The van der Waals surface area contributed by atoms with Crippen molar-refractivity contribution >= 4 is 45.1 Å². The normalized spacial score (nSPS) is 10.7. The largest absolute Gasteiger partial charge is 0.354 e. The third-order valence-electron chi connectivity index (χ3n) is 3.58. The Balaban J connectivity index is 1.47. The maximum Gasteiger partial charge on any atom is 0.277 e. The Morgan fingerprint density at radius 1 is 1.12 bits per heavy atom. The summed E-state index contributed by atoms with van der Waals surface area (Å²) < 4.78 is 5.28. The maximum absolute atomic E-state index is 12.2. The van der Waals surface area contributed by atoms with Gasteiger partial charge in [0.05, 0.1) is 5.69 Å². The van der Waals surface area contributed by atoms with Gasteiger partial charge in [-0.1, -0.05) is 22.9 Å². The number of benzene rings is 1. The minimum absolute atomic E-state index is 0.215. The molecule has 0 spiro atoms.